The first-order chi connectivity index (χ1) is 10.2. The van der Waals surface area contributed by atoms with Gasteiger partial charge in [0.2, 0.25) is 5.91 Å². The van der Waals surface area contributed by atoms with Gasteiger partial charge in [-0.3, -0.25) is 4.79 Å². The van der Waals surface area contributed by atoms with E-state index >= 15 is 0 Å². The zero-order chi connectivity index (χ0) is 15.1. The monoisotopic (exact) mass is 318 g/mol. The van der Waals surface area contributed by atoms with E-state index in [2.05, 4.69) is 47.0 Å². The number of carbonyl (C=O) groups is 1. The summed E-state index contributed by atoms with van der Waals surface area (Å²) in [4.78, 5) is 11.7. The molecule has 0 saturated heterocycles. The Bertz CT molecular complexity index is 569. The Labute approximate surface area is 138 Å². The molecule has 3 nitrogen and oxygen atoms in total. The maximum atomic E-state index is 11.7. The lowest BCUT2D eigenvalue weighted by Gasteiger charge is -2.15. The molecule has 0 heterocycles. The minimum atomic E-state index is 0. The highest BCUT2D eigenvalue weighted by atomic mass is 35.5. The normalized spacial score (nSPS) is 11.4. The molecular weight excluding hydrogens is 296 g/mol. The molecule has 2 N–H and O–H groups in total. The third kappa shape index (κ3) is 5.17. The summed E-state index contributed by atoms with van der Waals surface area (Å²) in [5, 5.41) is 5.99. The van der Waals surface area contributed by atoms with E-state index in [0.717, 1.165) is 5.56 Å². The Kier molecular flexibility index (Phi) is 7.64. The summed E-state index contributed by atoms with van der Waals surface area (Å²) < 4.78 is 0. The van der Waals surface area contributed by atoms with Crippen LogP contribution in [-0.4, -0.2) is 19.5 Å². The Morgan fingerprint density at radius 1 is 1.00 bits per heavy atom. The molecule has 1 unspecified atom stereocenters. The van der Waals surface area contributed by atoms with Crippen LogP contribution in [0.1, 0.15) is 24.9 Å². The largest absolute Gasteiger partial charge is 0.350 e. The zero-order valence-electron chi connectivity index (χ0n) is 13.0. The number of rotatable bonds is 6. The fourth-order valence-electron chi connectivity index (χ4n) is 2.23. The smallest absolute Gasteiger partial charge is 0.221 e. The first-order valence-electron chi connectivity index (χ1n) is 7.30. The second-order valence-corrected chi connectivity index (χ2v) is 5.13. The van der Waals surface area contributed by atoms with E-state index in [4.69, 9.17) is 0 Å². The molecule has 0 aliphatic heterocycles. The molecule has 2 aromatic carbocycles. The highest BCUT2D eigenvalue weighted by molar-refractivity contribution is 5.85. The second kappa shape index (κ2) is 9.23. The zero-order valence-corrected chi connectivity index (χ0v) is 13.8. The first-order valence-corrected chi connectivity index (χ1v) is 7.30. The third-order valence-electron chi connectivity index (χ3n) is 3.50. The van der Waals surface area contributed by atoms with Gasteiger partial charge in [-0.25, -0.2) is 0 Å². The number of hydrogen-bond acceptors (Lipinski definition) is 2. The van der Waals surface area contributed by atoms with Crippen LogP contribution in [0.15, 0.2) is 54.6 Å². The molecule has 2 aromatic rings. The van der Waals surface area contributed by atoms with Crippen molar-refractivity contribution in [3.8, 4) is 11.1 Å². The molecule has 0 bridgehead atoms. The van der Waals surface area contributed by atoms with Crippen LogP contribution in [-0.2, 0) is 4.79 Å². The maximum absolute atomic E-state index is 11.7. The summed E-state index contributed by atoms with van der Waals surface area (Å²) in [7, 11) is 1.85. The van der Waals surface area contributed by atoms with Gasteiger partial charge >= 0.3 is 0 Å². The number of nitrogens with one attached hydrogen (secondary N) is 2. The van der Waals surface area contributed by atoms with Gasteiger partial charge in [-0.2, -0.15) is 0 Å². The lowest BCUT2D eigenvalue weighted by atomic mass is 10.0. The Morgan fingerprint density at radius 2 is 1.59 bits per heavy atom. The second-order valence-electron chi connectivity index (χ2n) is 5.13. The van der Waals surface area contributed by atoms with Gasteiger partial charge in [0, 0.05) is 13.0 Å². The number of benzene rings is 2. The van der Waals surface area contributed by atoms with Gasteiger partial charge < -0.3 is 10.6 Å². The predicted octanol–water partition coefficient (Wildman–Crippen LogP) is 3.56. The van der Waals surface area contributed by atoms with Crippen LogP contribution in [0.25, 0.3) is 11.1 Å². The summed E-state index contributed by atoms with van der Waals surface area (Å²) in [6, 6.07) is 18.6. The van der Waals surface area contributed by atoms with Crippen LogP contribution in [0.5, 0.6) is 0 Å². The number of halogens is 1. The van der Waals surface area contributed by atoms with Crippen molar-refractivity contribution in [1.82, 2.24) is 10.6 Å². The van der Waals surface area contributed by atoms with Crippen molar-refractivity contribution in [3.05, 3.63) is 60.2 Å². The topological polar surface area (TPSA) is 41.1 Å². The molecule has 1 amide bonds. The van der Waals surface area contributed by atoms with Gasteiger partial charge in [-0.15, -0.1) is 12.4 Å². The Balaban J connectivity index is 0.00000242. The van der Waals surface area contributed by atoms with Gasteiger partial charge in [0.1, 0.15) is 0 Å². The molecule has 0 radical (unpaired) electrons. The van der Waals surface area contributed by atoms with E-state index in [-0.39, 0.29) is 24.4 Å². The van der Waals surface area contributed by atoms with Crippen molar-refractivity contribution in [2.75, 3.05) is 13.6 Å². The van der Waals surface area contributed by atoms with Gasteiger partial charge in [0.25, 0.3) is 0 Å². The van der Waals surface area contributed by atoms with Gasteiger partial charge in [0.05, 0.1) is 6.04 Å². The van der Waals surface area contributed by atoms with E-state index < -0.39 is 0 Å². The van der Waals surface area contributed by atoms with Crippen molar-refractivity contribution in [1.29, 1.82) is 0 Å². The van der Waals surface area contributed by atoms with Gasteiger partial charge in [0.15, 0.2) is 0 Å². The maximum Gasteiger partial charge on any atom is 0.221 e. The molecule has 0 aromatic heterocycles. The highest BCUT2D eigenvalue weighted by Gasteiger charge is 2.09. The molecule has 0 fully saturated rings. The van der Waals surface area contributed by atoms with Crippen molar-refractivity contribution in [2.24, 2.45) is 0 Å². The van der Waals surface area contributed by atoms with Crippen LogP contribution in [0.2, 0.25) is 0 Å². The molecular formula is C18H23ClN2O. The lowest BCUT2D eigenvalue weighted by Crippen LogP contribution is -2.28. The Hall–Kier alpha value is -1.84. The average Bonchev–Trinajstić information content (AvgIpc) is 2.54. The van der Waals surface area contributed by atoms with E-state index in [1.807, 2.05) is 32.2 Å². The molecule has 1 atom stereocenters. The Morgan fingerprint density at radius 3 is 2.18 bits per heavy atom. The number of hydrogen-bond donors (Lipinski definition) is 2. The molecule has 4 heteroatoms. The SMILES string of the molecule is CNCCC(=O)NC(C)c1ccc(-c2ccccc2)cc1.Cl. The molecule has 0 saturated carbocycles. The van der Waals surface area contributed by atoms with Crippen molar-refractivity contribution >= 4 is 18.3 Å². The van der Waals surface area contributed by atoms with Gasteiger partial charge in [-0.1, -0.05) is 54.6 Å². The van der Waals surface area contributed by atoms with Crippen LogP contribution in [0, 0.1) is 0 Å². The van der Waals surface area contributed by atoms with E-state index in [1.165, 1.54) is 11.1 Å². The van der Waals surface area contributed by atoms with Crippen molar-refractivity contribution < 1.29 is 4.79 Å². The first kappa shape index (κ1) is 18.2. The minimum absolute atomic E-state index is 0. The predicted molar refractivity (Wildman–Crippen MR) is 94.2 cm³/mol. The molecule has 22 heavy (non-hydrogen) atoms. The number of amides is 1. The average molecular weight is 319 g/mol. The van der Waals surface area contributed by atoms with Crippen LogP contribution < -0.4 is 10.6 Å². The van der Waals surface area contributed by atoms with Crippen LogP contribution >= 0.6 is 12.4 Å². The van der Waals surface area contributed by atoms with Crippen molar-refractivity contribution in [2.45, 2.75) is 19.4 Å². The molecule has 0 aliphatic carbocycles. The van der Waals surface area contributed by atoms with E-state index in [9.17, 15) is 4.79 Å². The highest BCUT2D eigenvalue weighted by Crippen LogP contribution is 2.21. The quantitative estimate of drug-likeness (QED) is 0.855. The molecule has 0 spiro atoms. The molecule has 118 valence electrons. The number of carbonyl (C=O) groups excluding carboxylic acids is 1. The fraction of sp³-hybridized carbons (Fsp3) is 0.278. The minimum Gasteiger partial charge on any atom is -0.350 e. The van der Waals surface area contributed by atoms with Gasteiger partial charge in [-0.05, 0) is 30.7 Å². The summed E-state index contributed by atoms with van der Waals surface area (Å²) in [5.74, 6) is 0.0731. The van der Waals surface area contributed by atoms with Crippen LogP contribution in [0.4, 0.5) is 0 Å². The molecule has 2 rings (SSSR count). The molecule has 0 aliphatic rings. The van der Waals surface area contributed by atoms with E-state index in [1.54, 1.807) is 0 Å². The summed E-state index contributed by atoms with van der Waals surface area (Å²) >= 11 is 0. The standard InChI is InChI=1S/C18H22N2O.ClH/c1-14(20-18(21)12-13-19-2)15-8-10-17(11-9-15)16-6-4-3-5-7-16;/h3-11,14,19H,12-13H2,1-2H3,(H,20,21);1H. The lowest BCUT2D eigenvalue weighted by molar-refractivity contribution is -0.121. The summed E-state index contributed by atoms with van der Waals surface area (Å²) in [5.41, 5.74) is 3.51. The van der Waals surface area contributed by atoms with Crippen LogP contribution in [0.3, 0.4) is 0 Å². The summed E-state index contributed by atoms with van der Waals surface area (Å²) in [6.07, 6.45) is 0.503. The van der Waals surface area contributed by atoms with Crippen molar-refractivity contribution in [3.63, 3.8) is 0 Å². The third-order valence-corrected chi connectivity index (χ3v) is 3.50. The van der Waals surface area contributed by atoms with E-state index in [0.29, 0.717) is 13.0 Å². The fourth-order valence-corrected chi connectivity index (χ4v) is 2.23. The summed E-state index contributed by atoms with van der Waals surface area (Å²) in [6.45, 7) is 2.71.